The Labute approximate surface area is 105 Å². The average molecular weight is 260 g/mol. The summed E-state index contributed by atoms with van der Waals surface area (Å²) in [5.74, 6) is 1.03. The summed E-state index contributed by atoms with van der Waals surface area (Å²) in [5.41, 5.74) is 8.36. The van der Waals surface area contributed by atoms with Crippen molar-refractivity contribution in [1.29, 1.82) is 0 Å². The van der Waals surface area contributed by atoms with Crippen molar-refractivity contribution < 1.29 is 14.9 Å². The number of methoxy groups -OCH3 is 1. The van der Waals surface area contributed by atoms with Crippen molar-refractivity contribution in [3.8, 4) is 0 Å². The predicted octanol–water partition coefficient (Wildman–Crippen LogP) is -2.07. The second-order valence-electron chi connectivity index (χ2n) is 3.70. The zero-order chi connectivity index (χ0) is 13.5. The lowest BCUT2D eigenvalue weighted by Crippen LogP contribution is -2.63. The fourth-order valence-electron chi connectivity index (χ4n) is 1.23. The van der Waals surface area contributed by atoms with Crippen molar-refractivity contribution >= 4 is 5.84 Å². The van der Waals surface area contributed by atoms with Crippen LogP contribution >= 0.6 is 0 Å². The Morgan fingerprint density at radius 3 is 2.67 bits per heavy atom. The van der Waals surface area contributed by atoms with E-state index < -0.39 is 12.5 Å². The van der Waals surface area contributed by atoms with Crippen LogP contribution in [0.3, 0.4) is 0 Å². The minimum absolute atomic E-state index is 0.198. The van der Waals surface area contributed by atoms with Crippen LogP contribution in [0.4, 0.5) is 0 Å². The number of hydrogen-bond acceptors (Lipinski definition) is 8. The zero-order valence-electron chi connectivity index (χ0n) is 10.6. The minimum Gasteiger partial charge on any atom is -0.378 e. The average Bonchev–Trinajstić information content (AvgIpc) is 2.24. The smallest absolute Gasteiger partial charge is 0.144 e. The molecular weight excluding hydrogens is 240 g/mol. The molecule has 0 saturated carbocycles. The van der Waals surface area contributed by atoms with Crippen LogP contribution < -0.4 is 21.6 Å². The molecule has 1 aliphatic heterocycles. The van der Waals surface area contributed by atoms with Gasteiger partial charge in [0.05, 0.1) is 0 Å². The number of aliphatic hydroxyl groups excluding tert-OH is 2. The number of aliphatic imine (C=N–C) groups is 1. The highest BCUT2D eigenvalue weighted by Crippen LogP contribution is 1.96. The quantitative estimate of drug-likeness (QED) is 0.302. The summed E-state index contributed by atoms with van der Waals surface area (Å²) in [6, 6.07) is 0. The van der Waals surface area contributed by atoms with Gasteiger partial charge in [0.15, 0.2) is 0 Å². The maximum absolute atomic E-state index is 9.27. The second kappa shape index (κ2) is 7.13. The molecule has 0 radical (unpaired) electrons. The summed E-state index contributed by atoms with van der Waals surface area (Å²) in [5, 5.41) is 22.6. The maximum Gasteiger partial charge on any atom is 0.144 e. The molecule has 0 spiro atoms. The summed E-state index contributed by atoms with van der Waals surface area (Å²) in [6.07, 6.45) is 0.171. The van der Waals surface area contributed by atoms with Crippen molar-refractivity contribution in [3.05, 3.63) is 11.9 Å². The van der Waals surface area contributed by atoms with E-state index in [2.05, 4.69) is 26.6 Å². The van der Waals surface area contributed by atoms with E-state index >= 15 is 0 Å². The van der Waals surface area contributed by atoms with E-state index in [0.717, 1.165) is 0 Å². The molecule has 2 unspecified atom stereocenters. The molecule has 2 atom stereocenters. The molecule has 0 aliphatic carbocycles. The Kier molecular flexibility index (Phi) is 5.82. The van der Waals surface area contributed by atoms with Crippen LogP contribution in [-0.2, 0) is 4.74 Å². The Hall–Kier alpha value is -1.39. The van der Waals surface area contributed by atoms with Crippen molar-refractivity contribution in [2.75, 3.05) is 13.8 Å². The molecule has 1 rings (SSSR count). The first-order valence-electron chi connectivity index (χ1n) is 5.48. The first-order chi connectivity index (χ1) is 8.51. The van der Waals surface area contributed by atoms with Gasteiger partial charge in [0.2, 0.25) is 0 Å². The SMILES string of the molecule is COCN=C1C=C(NC(C)O)NN(NC(C)O)N1. The van der Waals surface area contributed by atoms with Gasteiger partial charge >= 0.3 is 0 Å². The molecule has 0 aromatic carbocycles. The number of hydrazine groups is 3. The molecule has 0 saturated heterocycles. The summed E-state index contributed by atoms with van der Waals surface area (Å²) in [6.45, 7) is 3.35. The van der Waals surface area contributed by atoms with E-state index in [1.54, 1.807) is 19.9 Å². The summed E-state index contributed by atoms with van der Waals surface area (Å²) in [7, 11) is 1.54. The van der Waals surface area contributed by atoms with Gasteiger partial charge in [-0.3, -0.25) is 10.9 Å². The molecule has 1 aliphatic rings. The summed E-state index contributed by atoms with van der Waals surface area (Å²) in [4.78, 5) is 4.10. The summed E-state index contributed by atoms with van der Waals surface area (Å²) < 4.78 is 4.84. The predicted molar refractivity (Wildman–Crippen MR) is 65.1 cm³/mol. The van der Waals surface area contributed by atoms with E-state index in [-0.39, 0.29) is 6.73 Å². The van der Waals surface area contributed by atoms with Gasteiger partial charge in [0.25, 0.3) is 0 Å². The number of nitrogens with zero attached hydrogens (tertiary/aromatic N) is 2. The lowest BCUT2D eigenvalue weighted by molar-refractivity contribution is -0.00622. The molecule has 1 heterocycles. The third-order valence-electron chi connectivity index (χ3n) is 1.78. The molecule has 18 heavy (non-hydrogen) atoms. The fraction of sp³-hybridized carbons (Fsp3) is 0.667. The van der Waals surface area contributed by atoms with E-state index in [4.69, 9.17) is 4.74 Å². The summed E-state index contributed by atoms with van der Waals surface area (Å²) >= 11 is 0. The molecule has 104 valence electrons. The van der Waals surface area contributed by atoms with E-state index in [1.807, 2.05) is 0 Å². The number of rotatable bonds is 6. The Balaban J connectivity index is 2.71. The first kappa shape index (κ1) is 14.7. The molecule has 0 fully saturated rings. The van der Waals surface area contributed by atoms with Gasteiger partial charge < -0.3 is 20.3 Å². The molecule has 0 aromatic rings. The van der Waals surface area contributed by atoms with Crippen LogP contribution in [0.1, 0.15) is 13.8 Å². The van der Waals surface area contributed by atoms with Crippen LogP contribution in [-0.4, -0.2) is 47.6 Å². The van der Waals surface area contributed by atoms with Crippen molar-refractivity contribution in [3.63, 3.8) is 0 Å². The number of ether oxygens (including phenoxy) is 1. The highest BCUT2D eigenvalue weighted by atomic mass is 16.5. The third kappa shape index (κ3) is 5.29. The van der Waals surface area contributed by atoms with Gasteiger partial charge in [-0.2, -0.15) is 5.43 Å². The fourth-order valence-corrected chi connectivity index (χ4v) is 1.23. The first-order valence-corrected chi connectivity index (χ1v) is 5.48. The number of amidine groups is 1. The van der Waals surface area contributed by atoms with Gasteiger partial charge in [-0.15, -0.1) is 0 Å². The van der Waals surface area contributed by atoms with Crippen molar-refractivity contribution in [2.45, 2.75) is 26.3 Å². The topological polar surface area (TPSA) is 113 Å². The molecule has 6 N–H and O–H groups in total. The number of nitrogens with one attached hydrogen (secondary N) is 4. The van der Waals surface area contributed by atoms with E-state index in [9.17, 15) is 10.2 Å². The van der Waals surface area contributed by atoms with Crippen LogP contribution in [0, 0.1) is 0 Å². The minimum atomic E-state index is -0.764. The van der Waals surface area contributed by atoms with Gasteiger partial charge in [-0.1, -0.05) is 5.23 Å². The lowest BCUT2D eigenvalue weighted by Gasteiger charge is -2.32. The van der Waals surface area contributed by atoms with Crippen LogP contribution in [0.15, 0.2) is 16.9 Å². The van der Waals surface area contributed by atoms with Gasteiger partial charge in [-0.05, 0) is 13.8 Å². The number of aliphatic hydroxyl groups is 2. The third-order valence-corrected chi connectivity index (χ3v) is 1.78. The normalized spacial score (nSPS) is 21.8. The standard InChI is InChI=1S/C9H20N6O3/c1-6(16)11-9-4-8(10-5-18-3)13-15(14-9)12-7(2)17/h4,6-7,11-12,14,16-17H,5H2,1-3H3,(H,10,13). The van der Waals surface area contributed by atoms with Crippen LogP contribution in [0.5, 0.6) is 0 Å². The highest BCUT2D eigenvalue weighted by Gasteiger charge is 2.16. The van der Waals surface area contributed by atoms with Crippen LogP contribution in [0.2, 0.25) is 0 Å². The van der Waals surface area contributed by atoms with E-state index in [1.165, 1.54) is 12.3 Å². The number of hydrogen-bond donors (Lipinski definition) is 6. The monoisotopic (exact) mass is 260 g/mol. The van der Waals surface area contributed by atoms with E-state index in [0.29, 0.717) is 11.7 Å². The molecule has 0 aromatic heterocycles. The molecule has 9 heteroatoms. The van der Waals surface area contributed by atoms with Crippen molar-refractivity contribution in [2.24, 2.45) is 4.99 Å². The lowest BCUT2D eigenvalue weighted by atomic mass is 10.4. The maximum atomic E-state index is 9.27. The Bertz CT molecular complexity index is 317. The van der Waals surface area contributed by atoms with Crippen molar-refractivity contribution in [1.82, 2.24) is 26.8 Å². The molecule has 9 nitrogen and oxygen atoms in total. The molecule has 0 amide bonds. The largest absolute Gasteiger partial charge is 0.378 e. The Morgan fingerprint density at radius 1 is 1.39 bits per heavy atom. The van der Waals surface area contributed by atoms with Crippen LogP contribution in [0.25, 0.3) is 0 Å². The second-order valence-corrected chi connectivity index (χ2v) is 3.70. The Morgan fingerprint density at radius 2 is 2.11 bits per heavy atom. The van der Waals surface area contributed by atoms with Gasteiger partial charge in [0.1, 0.15) is 30.8 Å². The van der Waals surface area contributed by atoms with Gasteiger partial charge in [0, 0.05) is 13.2 Å². The molecular formula is C9H20N6O3. The zero-order valence-corrected chi connectivity index (χ0v) is 10.6. The highest BCUT2D eigenvalue weighted by molar-refractivity contribution is 5.93. The molecule has 0 bridgehead atoms. The van der Waals surface area contributed by atoms with Gasteiger partial charge in [-0.25, -0.2) is 4.99 Å².